The summed E-state index contributed by atoms with van der Waals surface area (Å²) in [7, 11) is -4.31. The molecule has 4 aromatic heterocycles. The van der Waals surface area contributed by atoms with Crippen molar-refractivity contribution < 1.29 is 22.4 Å². The van der Waals surface area contributed by atoms with Crippen molar-refractivity contribution in [1.82, 2.24) is 19.6 Å². The van der Waals surface area contributed by atoms with Gasteiger partial charge >= 0.3 is 10.1 Å². The van der Waals surface area contributed by atoms with E-state index in [1.807, 2.05) is 16.0 Å². The van der Waals surface area contributed by atoms with Crippen LogP contribution in [0.5, 0.6) is 0 Å². The van der Waals surface area contributed by atoms with Gasteiger partial charge in [0.2, 0.25) is 0 Å². The van der Waals surface area contributed by atoms with Crippen LogP contribution in [-0.4, -0.2) is 45.7 Å². The molecule has 0 unspecified atom stereocenters. The van der Waals surface area contributed by atoms with Crippen LogP contribution in [0.1, 0.15) is 75.2 Å². The minimum Gasteiger partial charge on any atom is -0.375 e. The van der Waals surface area contributed by atoms with Gasteiger partial charge in [-0.25, -0.2) is 0 Å². The third-order valence-electron chi connectivity index (χ3n) is 10.2. The van der Waals surface area contributed by atoms with Crippen molar-refractivity contribution in [3.8, 4) is 21.1 Å². The minimum absolute atomic E-state index is 0.0263. The van der Waals surface area contributed by atoms with Gasteiger partial charge in [0.05, 0.1) is 58.8 Å². The Kier molecular flexibility index (Phi) is 10.5. The van der Waals surface area contributed by atoms with Gasteiger partial charge in [0.15, 0.2) is 0 Å². The smallest absolute Gasteiger partial charge is 0.304 e. The molecule has 2 aliphatic rings. The van der Waals surface area contributed by atoms with Crippen molar-refractivity contribution in [2.24, 2.45) is 0 Å². The maximum Gasteiger partial charge on any atom is 0.304 e. The van der Waals surface area contributed by atoms with Crippen molar-refractivity contribution in [1.29, 1.82) is 0 Å². The molecule has 0 fully saturated rings. The fourth-order valence-electron chi connectivity index (χ4n) is 7.49. The minimum atomic E-state index is -4.31. The fourth-order valence-corrected chi connectivity index (χ4v) is 10.5. The van der Waals surface area contributed by atoms with Gasteiger partial charge in [0.1, 0.15) is 4.21 Å². The average molecular weight is 769 g/mol. The second kappa shape index (κ2) is 15.4. The summed E-state index contributed by atoms with van der Waals surface area (Å²) < 4.78 is 50.6. The van der Waals surface area contributed by atoms with Crippen molar-refractivity contribution >= 4 is 32.8 Å². The SMILES string of the molecule is Cc1ccc(Cn2nc(COCCCOCc3nn(Cc4ccc(C)cc4)c4c3CCCc3cc(S(=O)(=O)O)sc3-4)c3c2-c2sccc2CCC3)cc1. The van der Waals surface area contributed by atoms with Crippen LogP contribution in [0, 0.1) is 13.8 Å². The molecule has 0 amide bonds. The number of rotatable bonds is 13. The van der Waals surface area contributed by atoms with Crippen LogP contribution in [0.3, 0.4) is 0 Å². The topological polar surface area (TPSA) is 108 Å². The highest BCUT2D eigenvalue weighted by Crippen LogP contribution is 2.42. The predicted octanol–water partition coefficient (Wildman–Crippen LogP) is 8.60. The van der Waals surface area contributed by atoms with E-state index in [9.17, 15) is 13.0 Å². The van der Waals surface area contributed by atoms with Crippen LogP contribution < -0.4 is 0 Å². The molecule has 53 heavy (non-hydrogen) atoms. The molecule has 2 aliphatic carbocycles. The van der Waals surface area contributed by atoms with Gasteiger partial charge in [0.25, 0.3) is 0 Å². The number of benzene rings is 2. The summed E-state index contributed by atoms with van der Waals surface area (Å²) in [6, 6.07) is 21.0. The molecular formula is C41H44N4O5S3. The van der Waals surface area contributed by atoms with Crippen molar-refractivity contribution in [3.63, 3.8) is 0 Å². The van der Waals surface area contributed by atoms with Crippen LogP contribution in [0.4, 0.5) is 0 Å². The summed E-state index contributed by atoms with van der Waals surface area (Å²) in [4.78, 5) is 2.20. The molecule has 8 rings (SSSR count). The van der Waals surface area contributed by atoms with Crippen LogP contribution in [-0.2, 0) is 71.6 Å². The third-order valence-corrected chi connectivity index (χ3v) is 13.6. The van der Waals surface area contributed by atoms with Gasteiger partial charge < -0.3 is 9.47 Å². The molecule has 0 spiro atoms. The summed E-state index contributed by atoms with van der Waals surface area (Å²) in [5, 5.41) is 12.4. The highest BCUT2D eigenvalue weighted by molar-refractivity contribution is 7.88. The largest absolute Gasteiger partial charge is 0.375 e. The van der Waals surface area contributed by atoms with Gasteiger partial charge in [-0.1, -0.05) is 59.7 Å². The highest BCUT2D eigenvalue weighted by atomic mass is 32.3. The lowest BCUT2D eigenvalue weighted by molar-refractivity contribution is 0.0666. The number of hydrogen-bond acceptors (Lipinski definition) is 8. The Hall–Kier alpha value is -3.91. The van der Waals surface area contributed by atoms with Gasteiger partial charge in [-0.2, -0.15) is 18.6 Å². The number of ether oxygens (including phenoxy) is 2. The molecule has 0 atom stereocenters. The first kappa shape index (κ1) is 36.1. The first-order valence-corrected chi connectivity index (χ1v) is 21.5. The molecule has 6 aromatic rings. The van der Waals surface area contributed by atoms with E-state index in [4.69, 9.17) is 19.7 Å². The molecule has 0 saturated heterocycles. The Bertz CT molecular complexity index is 2330. The van der Waals surface area contributed by atoms with E-state index in [0.717, 1.165) is 101 Å². The zero-order valence-electron chi connectivity index (χ0n) is 30.1. The molecular weight excluding hydrogens is 725 g/mol. The molecule has 0 aliphatic heterocycles. The van der Waals surface area contributed by atoms with E-state index in [2.05, 4.69) is 78.5 Å². The van der Waals surface area contributed by atoms with Gasteiger partial charge in [-0.05, 0) is 98.6 Å². The number of nitrogens with zero attached hydrogens (tertiary/aromatic N) is 4. The normalized spacial score (nSPS) is 13.9. The molecule has 0 bridgehead atoms. The molecule has 12 heteroatoms. The van der Waals surface area contributed by atoms with E-state index >= 15 is 0 Å². The zero-order chi connectivity index (χ0) is 36.5. The average Bonchev–Trinajstić information content (AvgIpc) is 3.87. The van der Waals surface area contributed by atoms with Crippen molar-refractivity contribution in [2.75, 3.05) is 13.2 Å². The maximum atomic E-state index is 12.1. The summed E-state index contributed by atoms with van der Waals surface area (Å²) in [5.74, 6) is 0. The Balaban J connectivity index is 0.937. The van der Waals surface area contributed by atoms with Crippen LogP contribution in [0.2, 0.25) is 0 Å². The molecule has 2 aromatic carbocycles. The quantitative estimate of drug-likeness (QED) is 0.0927. The van der Waals surface area contributed by atoms with E-state index < -0.39 is 10.1 Å². The van der Waals surface area contributed by atoms with Crippen LogP contribution in [0.15, 0.2) is 70.3 Å². The highest BCUT2D eigenvalue weighted by Gasteiger charge is 2.29. The second-order valence-electron chi connectivity index (χ2n) is 14.2. The van der Waals surface area contributed by atoms with E-state index in [0.29, 0.717) is 33.0 Å². The standard InChI is InChI=1S/C41H44N4O5S3/c1-27-10-14-29(15-11-27)23-44-38-33(8-3-6-31-18-21-51-40(31)38)35(42-44)25-49-19-5-20-50-26-36-34-9-4-7-32-22-37(53(46,47)48)52-41(32)39(34)45(43-36)24-30-16-12-28(2)13-17-30/h10-18,21-22H,3-9,19-20,23-26H2,1-2H3,(H,46,47,48). The van der Waals surface area contributed by atoms with Gasteiger partial charge in [0, 0.05) is 24.3 Å². The number of thiophene rings is 2. The van der Waals surface area contributed by atoms with E-state index in [1.54, 1.807) is 6.07 Å². The summed E-state index contributed by atoms with van der Waals surface area (Å²) >= 11 is 2.93. The van der Waals surface area contributed by atoms with Crippen LogP contribution in [0.25, 0.3) is 21.1 Å². The molecule has 1 N–H and O–H groups in total. The lowest BCUT2D eigenvalue weighted by atomic mass is 10.1. The van der Waals surface area contributed by atoms with E-state index in [-0.39, 0.29) is 4.21 Å². The zero-order valence-corrected chi connectivity index (χ0v) is 32.6. The van der Waals surface area contributed by atoms with Crippen LogP contribution >= 0.6 is 22.7 Å². The summed E-state index contributed by atoms with van der Waals surface area (Å²) in [6.07, 6.45) is 6.34. The van der Waals surface area contributed by atoms with Gasteiger partial charge in [-0.15, -0.1) is 22.7 Å². The molecule has 9 nitrogen and oxygen atoms in total. The Morgan fingerprint density at radius 2 is 1.25 bits per heavy atom. The monoisotopic (exact) mass is 768 g/mol. The Labute approximate surface area is 319 Å². The Morgan fingerprint density at radius 3 is 1.79 bits per heavy atom. The molecule has 4 heterocycles. The third kappa shape index (κ3) is 7.85. The lowest BCUT2D eigenvalue weighted by Crippen LogP contribution is -2.06. The molecule has 0 radical (unpaired) electrons. The van der Waals surface area contributed by atoms with E-state index in [1.165, 1.54) is 38.4 Å². The first-order chi connectivity index (χ1) is 25.7. The second-order valence-corrected chi connectivity index (χ2v) is 17.8. The van der Waals surface area contributed by atoms with Crippen molar-refractivity contribution in [3.05, 3.63) is 122 Å². The summed E-state index contributed by atoms with van der Waals surface area (Å²) in [5.41, 5.74) is 13.6. The fraction of sp³-hybridized carbons (Fsp3) is 0.366. The number of aromatic nitrogens is 4. The first-order valence-electron chi connectivity index (χ1n) is 18.3. The Morgan fingerprint density at radius 1 is 0.717 bits per heavy atom. The number of hydrogen-bond donors (Lipinski definition) is 1. The number of aryl methyl sites for hydroxylation is 4. The predicted molar refractivity (Wildman–Crippen MR) is 209 cm³/mol. The summed E-state index contributed by atoms with van der Waals surface area (Å²) in [6.45, 7) is 7.36. The van der Waals surface area contributed by atoms with Gasteiger partial charge in [-0.3, -0.25) is 13.9 Å². The maximum absolute atomic E-state index is 12.1. The lowest BCUT2D eigenvalue weighted by Gasteiger charge is -2.09. The molecule has 0 saturated carbocycles. The number of fused-ring (bicyclic) bond motifs is 6. The van der Waals surface area contributed by atoms with Crippen molar-refractivity contribution in [2.45, 2.75) is 89.3 Å². The molecule has 276 valence electrons.